The van der Waals surface area contributed by atoms with Gasteiger partial charge in [-0.25, -0.2) is 4.57 Å². The van der Waals surface area contributed by atoms with Crippen LogP contribution < -0.4 is 70.2 Å². The fraction of sp³-hybridized carbons (Fsp3) is 0.500. The summed E-state index contributed by atoms with van der Waals surface area (Å²) in [6, 6.07) is 0. The van der Waals surface area contributed by atoms with Gasteiger partial charge in [0.25, 0.3) is 0 Å². The Hall–Kier alpha value is 2.01. The first-order chi connectivity index (χ1) is 3.41. The summed E-state index contributed by atoms with van der Waals surface area (Å²) in [5.74, 6) is 0. The zero-order chi connectivity index (χ0) is 7.21. The molecule has 0 radical (unpaired) electrons. The van der Waals surface area contributed by atoms with Gasteiger partial charge in [0, 0.05) is 0 Å². The van der Waals surface area contributed by atoms with Crippen LogP contribution in [0.5, 0.6) is 0 Å². The Kier molecular flexibility index (Phi) is 30.8. The predicted octanol–water partition coefficient (Wildman–Crippen LogP) is -6.69. The van der Waals surface area contributed by atoms with Crippen molar-refractivity contribution in [1.82, 2.24) is 0 Å². The van der Waals surface area contributed by atoms with Crippen molar-refractivity contribution < 1.29 is 95.7 Å². The van der Waals surface area contributed by atoms with Crippen LogP contribution in [-0.4, -0.2) is 21.0 Å². The minimum Gasteiger partial charge on any atom is -1.00 e. The summed E-state index contributed by atoms with van der Waals surface area (Å²) < 4.78 is 8.88. The van der Waals surface area contributed by atoms with E-state index in [4.69, 9.17) is 24.0 Å². The number of phosphoric acid groups is 1. The topological polar surface area (TPSA) is 94.8 Å². The first-order valence-electron chi connectivity index (χ1n) is 1.49. The second-order valence-corrected chi connectivity index (χ2v) is 1.74. The van der Waals surface area contributed by atoms with E-state index in [2.05, 4.69) is 0 Å². The van der Waals surface area contributed by atoms with E-state index < -0.39 is 7.82 Å². The van der Waals surface area contributed by atoms with Crippen molar-refractivity contribution >= 4 is 14.1 Å². The van der Waals surface area contributed by atoms with E-state index in [1.807, 2.05) is 0 Å². The number of hydrogen-bond acceptors (Lipinski definition) is 2. The molecule has 0 atom stereocenters. The Bertz CT molecular complexity index is 98.4. The summed E-state index contributed by atoms with van der Waals surface area (Å²) in [4.78, 5) is 30.2. The van der Waals surface area contributed by atoms with Gasteiger partial charge in [-0.1, -0.05) is 0 Å². The first-order valence-corrected chi connectivity index (χ1v) is 3.05. The van der Waals surface area contributed by atoms with Crippen molar-refractivity contribution in [3.8, 4) is 0 Å². The molecule has 0 aromatic carbocycles. The molecule has 5 nitrogen and oxygen atoms in total. The van der Waals surface area contributed by atoms with Crippen LogP contribution in [0.3, 0.4) is 0 Å². The standard InChI is InChI=1S/C2H3O.K.Li.H3O4P.H/c1-2-3;;;1-5(2,3)4;/h1H3;;;(H3,1,2,3,4);/q-1;2*+1;;-1. The van der Waals surface area contributed by atoms with Crippen molar-refractivity contribution in [3.05, 3.63) is 0 Å². The normalized spacial score (nSPS) is 7.20. The molecule has 0 saturated heterocycles. The van der Waals surface area contributed by atoms with E-state index in [1.165, 1.54) is 13.2 Å². The van der Waals surface area contributed by atoms with Gasteiger partial charge >= 0.3 is 78.1 Å². The third kappa shape index (κ3) is 201. The molecule has 0 saturated carbocycles. The molecule has 0 fully saturated rings. The van der Waals surface area contributed by atoms with Crippen LogP contribution in [0.15, 0.2) is 0 Å². The van der Waals surface area contributed by atoms with Gasteiger partial charge in [0.05, 0.1) is 0 Å². The molecule has 10 heavy (non-hydrogen) atoms. The average molecular weight is 188 g/mol. The molecule has 0 spiro atoms. The van der Waals surface area contributed by atoms with Crippen molar-refractivity contribution in [3.63, 3.8) is 0 Å². The van der Waals surface area contributed by atoms with Gasteiger partial charge in [-0.05, 0) is 0 Å². The van der Waals surface area contributed by atoms with Gasteiger partial charge in [0.15, 0.2) is 0 Å². The van der Waals surface area contributed by atoms with Crippen LogP contribution in [-0.2, 0) is 9.36 Å². The second-order valence-electron chi connectivity index (χ2n) is 0.717. The molecule has 0 aromatic rings. The molecule has 0 aliphatic carbocycles. The van der Waals surface area contributed by atoms with E-state index in [-0.39, 0.29) is 71.7 Å². The molecule has 0 aromatic heterocycles. The summed E-state index contributed by atoms with van der Waals surface area (Å²) >= 11 is 0. The molecule has 0 amide bonds. The fourth-order valence-corrected chi connectivity index (χ4v) is 0. The van der Waals surface area contributed by atoms with Crippen LogP contribution in [0.25, 0.3) is 0 Å². The molecule has 0 aliphatic rings. The summed E-state index contributed by atoms with van der Waals surface area (Å²) in [6.45, 7) is 1.32. The van der Waals surface area contributed by atoms with E-state index >= 15 is 0 Å². The van der Waals surface area contributed by atoms with Gasteiger partial charge in [0.2, 0.25) is 0 Å². The van der Waals surface area contributed by atoms with E-state index in [9.17, 15) is 0 Å². The van der Waals surface area contributed by atoms with Crippen molar-refractivity contribution in [2.75, 3.05) is 0 Å². The Balaban J connectivity index is -0.0000000183. The summed E-state index contributed by atoms with van der Waals surface area (Å²) in [5.41, 5.74) is 0. The third-order valence-corrected chi connectivity index (χ3v) is 0. The Labute approximate surface area is 115 Å². The monoisotopic (exact) mass is 188 g/mol. The number of rotatable bonds is 0. The van der Waals surface area contributed by atoms with Gasteiger partial charge < -0.3 is 20.9 Å². The van der Waals surface area contributed by atoms with Crippen LogP contribution >= 0.6 is 7.82 Å². The van der Waals surface area contributed by atoms with Crippen molar-refractivity contribution in [2.45, 2.75) is 6.92 Å². The number of carbonyl (C=O) groups excluding carboxylic acids is 1. The van der Waals surface area contributed by atoms with Gasteiger partial charge in [0.1, 0.15) is 0 Å². The smallest absolute Gasteiger partial charge is 1.00 e. The molecule has 52 valence electrons. The molecule has 8 heteroatoms. The molecular formula is C2H7KLiO5P. The van der Waals surface area contributed by atoms with Crippen molar-refractivity contribution in [1.29, 1.82) is 0 Å². The Morgan fingerprint density at radius 3 is 1.40 bits per heavy atom. The maximum Gasteiger partial charge on any atom is 1.00 e. The molecule has 0 heterocycles. The predicted molar refractivity (Wildman–Crippen MR) is 26.7 cm³/mol. The van der Waals surface area contributed by atoms with Crippen LogP contribution in [0.1, 0.15) is 8.35 Å². The van der Waals surface area contributed by atoms with E-state index in [0.29, 0.717) is 0 Å². The fourth-order valence-electron chi connectivity index (χ4n) is 0. The zero-order valence-electron chi connectivity index (χ0n) is 7.11. The maximum atomic E-state index is 8.88. The quantitative estimate of drug-likeness (QED) is 0.199. The molecule has 3 N–H and O–H groups in total. The maximum absolute atomic E-state index is 8.88. The molecular weight excluding hydrogens is 181 g/mol. The molecule has 0 unspecified atom stereocenters. The van der Waals surface area contributed by atoms with E-state index in [0.717, 1.165) is 0 Å². The first kappa shape index (κ1) is 22.7. The Morgan fingerprint density at radius 1 is 1.40 bits per heavy atom. The third-order valence-electron chi connectivity index (χ3n) is 0. The van der Waals surface area contributed by atoms with E-state index in [1.54, 1.807) is 0 Å². The Morgan fingerprint density at radius 2 is 1.40 bits per heavy atom. The molecule has 0 rings (SSSR count). The van der Waals surface area contributed by atoms with Gasteiger partial charge in [-0.2, -0.15) is 6.92 Å². The van der Waals surface area contributed by atoms with Crippen LogP contribution in [0.2, 0.25) is 0 Å². The van der Waals surface area contributed by atoms with Crippen molar-refractivity contribution in [2.24, 2.45) is 0 Å². The summed E-state index contributed by atoms with van der Waals surface area (Å²) in [5, 5.41) is 0. The van der Waals surface area contributed by atoms with Crippen LogP contribution in [0.4, 0.5) is 0 Å². The zero-order valence-corrected chi connectivity index (χ0v) is 10.1. The molecule has 0 bridgehead atoms. The second kappa shape index (κ2) is 13.6. The summed E-state index contributed by atoms with van der Waals surface area (Å²) in [6.07, 6.45) is 1.50. The summed E-state index contributed by atoms with van der Waals surface area (Å²) in [7, 11) is -4.64. The molecule has 0 aliphatic heterocycles. The van der Waals surface area contributed by atoms with Gasteiger partial charge in [-0.3, -0.25) is 6.29 Å². The average Bonchev–Trinajstić information content (AvgIpc) is 1.27. The minimum atomic E-state index is -4.64. The van der Waals surface area contributed by atoms with Gasteiger partial charge in [-0.15, -0.1) is 0 Å². The SMILES string of the molecule is C[C-]=O.O=P(O)(O)O.[H-].[K+].[Li+]. The largest absolute Gasteiger partial charge is 1.00 e. The minimum absolute atomic E-state index is 0. The number of hydrogen-bond donors (Lipinski definition) is 3. The van der Waals surface area contributed by atoms with Crippen LogP contribution in [0, 0.1) is 0 Å².